The summed E-state index contributed by atoms with van der Waals surface area (Å²) in [5.41, 5.74) is 0.955. The predicted octanol–water partition coefficient (Wildman–Crippen LogP) is 3.51. The normalized spacial score (nSPS) is 10.6. The Labute approximate surface area is 112 Å². The molecule has 1 aromatic heterocycles. The zero-order chi connectivity index (χ0) is 11.4. The van der Waals surface area contributed by atoms with Crippen LogP contribution in [0.2, 0.25) is 0 Å². The summed E-state index contributed by atoms with van der Waals surface area (Å²) in [6, 6.07) is 7.97. The van der Waals surface area contributed by atoms with Crippen LogP contribution < -0.4 is 0 Å². The van der Waals surface area contributed by atoms with Gasteiger partial charge in [0, 0.05) is 21.4 Å². The van der Waals surface area contributed by atoms with E-state index < -0.39 is 0 Å². The molecule has 0 aliphatic heterocycles. The van der Waals surface area contributed by atoms with Crippen LogP contribution in [-0.4, -0.2) is 16.1 Å². The molecular formula is C11H10ClIN2O. The first-order valence-electron chi connectivity index (χ1n) is 4.94. The van der Waals surface area contributed by atoms with E-state index in [1.807, 2.05) is 24.3 Å². The Morgan fingerprint density at radius 3 is 2.94 bits per heavy atom. The monoisotopic (exact) mass is 348 g/mol. The summed E-state index contributed by atoms with van der Waals surface area (Å²) in [5.74, 6) is 1.83. The van der Waals surface area contributed by atoms with E-state index in [1.165, 1.54) is 0 Å². The van der Waals surface area contributed by atoms with Gasteiger partial charge >= 0.3 is 0 Å². The molecule has 2 aromatic rings. The molecule has 0 unspecified atom stereocenters. The second kappa shape index (κ2) is 5.63. The highest BCUT2D eigenvalue weighted by atomic mass is 127. The summed E-state index contributed by atoms with van der Waals surface area (Å²) in [7, 11) is 0. The molecule has 0 saturated carbocycles. The van der Waals surface area contributed by atoms with Gasteiger partial charge in [0.05, 0.1) is 0 Å². The van der Waals surface area contributed by atoms with Crippen molar-refractivity contribution in [2.24, 2.45) is 0 Å². The SMILES string of the molecule is ClCCCc1nnc(-c2cccc(I)c2)o1. The zero-order valence-corrected chi connectivity index (χ0v) is 11.4. The van der Waals surface area contributed by atoms with Crippen LogP contribution in [0.1, 0.15) is 12.3 Å². The van der Waals surface area contributed by atoms with Gasteiger partial charge < -0.3 is 4.42 Å². The maximum absolute atomic E-state index is 5.61. The van der Waals surface area contributed by atoms with Crippen LogP contribution in [0.5, 0.6) is 0 Å². The van der Waals surface area contributed by atoms with E-state index in [0.717, 1.165) is 22.0 Å². The van der Waals surface area contributed by atoms with E-state index in [4.69, 9.17) is 16.0 Å². The zero-order valence-electron chi connectivity index (χ0n) is 8.49. The lowest BCUT2D eigenvalue weighted by Crippen LogP contribution is -1.85. The molecule has 0 bridgehead atoms. The fourth-order valence-electron chi connectivity index (χ4n) is 1.31. The van der Waals surface area contributed by atoms with E-state index in [-0.39, 0.29) is 0 Å². The Morgan fingerprint density at radius 1 is 1.31 bits per heavy atom. The minimum Gasteiger partial charge on any atom is -0.421 e. The molecule has 1 aromatic carbocycles. The molecule has 16 heavy (non-hydrogen) atoms. The third kappa shape index (κ3) is 2.95. The van der Waals surface area contributed by atoms with E-state index in [9.17, 15) is 0 Å². The quantitative estimate of drug-likeness (QED) is 0.627. The number of hydrogen-bond acceptors (Lipinski definition) is 3. The number of benzene rings is 1. The summed E-state index contributed by atoms with van der Waals surface area (Å²) >= 11 is 7.86. The van der Waals surface area contributed by atoms with Crippen molar-refractivity contribution in [1.82, 2.24) is 10.2 Å². The first-order chi connectivity index (χ1) is 7.79. The van der Waals surface area contributed by atoms with E-state index >= 15 is 0 Å². The smallest absolute Gasteiger partial charge is 0.247 e. The van der Waals surface area contributed by atoms with Crippen LogP contribution in [0.3, 0.4) is 0 Å². The molecule has 1 heterocycles. The second-order valence-electron chi connectivity index (χ2n) is 3.30. The Hall–Kier alpha value is -0.620. The number of halogens is 2. The number of hydrogen-bond donors (Lipinski definition) is 0. The molecule has 84 valence electrons. The van der Waals surface area contributed by atoms with Gasteiger partial charge in [0.25, 0.3) is 0 Å². The maximum atomic E-state index is 5.61. The number of alkyl halides is 1. The van der Waals surface area contributed by atoms with Crippen molar-refractivity contribution < 1.29 is 4.42 Å². The van der Waals surface area contributed by atoms with Gasteiger partial charge in [0.2, 0.25) is 11.8 Å². The van der Waals surface area contributed by atoms with Crippen molar-refractivity contribution >= 4 is 34.2 Å². The fourth-order valence-corrected chi connectivity index (χ4v) is 1.99. The summed E-state index contributed by atoms with van der Waals surface area (Å²) in [5, 5.41) is 8.00. The lowest BCUT2D eigenvalue weighted by atomic mass is 10.2. The molecule has 2 rings (SSSR count). The van der Waals surface area contributed by atoms with Gasteiger partial charge in [0.15, 0.2) is 0 Å². The molecule has 0 spiro atoms. The molecule has 0 aliphatic carbocycles. The van der Waals surface area contributed by atoms with Gasteiger partial charge in [0.1, 0.15) is 0 Å². The molecule has 0 saturated heterocycles. The highest BCUT2D eigenvalue weighted by molar-refractivity contribution is 14.1. The van der Waals surface area contributed by atoms with Gasteiger partial charge in [-0.1, -0.05) is 6.07 Å². The Kier molecular flexibility index (Phi) is 4.17. The van der Waals surface area contributed by atoms with Crippen LogP contribution in [0.4, 0.5) is 0 Å². The van der Waals surface area contributed by atoms with Crippen molar-refractivity contribution in [3.05, 3.63) is 33.7 Å². The van der Waals surface area contributed by atoms with Crippen LogP contribution in [-0.2, 0) is 6.42 Å². The number of nitrogens with zero attached hydrogens (tertiary/aromatic N) is 2. The van der Waals surface area contributed by atoms with Gasteiger partial charge in [-0.15, -0.1) is 21.8 Å². The lowest BCUT2D eigenvalue weighted by molar-refractivity contribution is 0.502. The molecule has 0 radical (unpaired) electrons. The van der Waals surface area contributed by atoms with Crippen LogP contribution in [0.15, 0.2) is 28.7 Å². The molecule has 3 nitrogen and oxygen atoms in total. The highest BCUT2D eigenvalue weighted by Gasteiger charge is 2.08. The van der Waals surface area contributed by atoms with E-state index in [1.54, 1.807) is 0 Å². The minimum atomic E-state index is 0.572. The molecule has 0 N–H and O–H groups in total. The van der Waals surface area contributed by atoms with Crippen LogP contribution >= 0.6 is 34.2 Å². The molecule has 5 heteroatoms. The summed E-state index contributed by atoms with van der Waals surface area (Å²) in [4.78, 5) is 0. The summed E-state index contributed by atoms with van der Waals surface area (Å²) < 4.78 is 6.69. The summed E-state index contributed by atoms with van der Waals surface area (Å²) in [6.07, 6.45) is 1.59. The van der Waals surface area contributed by atoms with Gasteiger partial charge in [-0.25, -0.2) is 0 Å². The van der Waals surface area contributed by atoms with Crippen molar-refractivity contribution in [3.63, 3.8) is 0 Å². The van der Waals surface area contributed by atoms with E-state index in [0.29, 0.717) is 17.7 Å². The van der Waals surface area contributed by atoms with Gasteiger partial charge in [-0.3, -0.25) is 0 Å². The van der Waals surface area contributed by atoms with Gasteiger partial charge in [-0.2, -0.15) is 0 Å². The lowest BCUT2D eigenvalue weighted by Gasteiger charge is -1.95. The topological polar surface area (TPSA) is 38.9 Å². The average molecular weight is 349 g/mol. The molecule has 0 amide bonds. The Morgan fingerprint density at radius 2 is 2.19 bits per heavy atom. The largest absolute Gasteiger partial charge is 0.421 e. The van der Waals surface area contributed by atoms with Crippen molar-refractivity contribution in [1.29, 1.82) is 0 Å². The highest BCUT2D eigenvalue weighted by Crippen LogP contribution is 2.20. The summed E-state index contributed by atoms with van der Waals surface area (Å²) in [6.45, 7) is 0. The third-order valence-corrected chi connectivity index (χ3v) is 3.00. The molecule has 0 atom stereocenters. The first-order valence-corrected chi connectivity index (χ1v) is 6.55. The average Bonchev–Trinajstić information content (AvgIpc) is 2.75. The molecular weight excluding hydrogens is 338 g/mol. The van der Waals surface area contributed by atoms with Crippen LogP contribution in [0, 0.1) is 3.57 Å². The van der Waals surface area contributed by atoms with Crippen molar-refractivity contribution in [2.75, 3.05) is 5.88 Å². The van der Waals surface area contributed by atoms with Crippen LogP contribution in [0.25, 0.3) is 11.5 Å². The number of aromatic nitrogens is 2. The fraction of sp³-hybridized carbons (Fsp3) is 0.273. The maximum Gasteiger partial charge on any atom is 0.247 e. The minimum absolute atomic E-state index is 0.572. The molecule has 0 aliphatic rings. The predicted molar refractivity (Wildman–Crippen MR) is 71.5 cm³/mol. The standard InChI is InChI=1S/C11H10ClIN2O/c12-6-2-5-10-14-15-11(16-10)8-3-1-4-9(13)7-8/h1,3-4,7H,2,5-6H2. The van der Waals surface area contributed by atoms with Gasteiger partial charge in [-0.05, 0) is 47.2 Å². The first kappa shape index (κ1) is 11.9. The van der Waals surface area contributed by atoms with Crippen molar-refractivity contribution in [3.8, 4) is 11.5 Å². The number of aryl methyl sites for hydroxylation is 1. The molecule has 0 fully saturated rings. The Bertz CT molecular complexity index is 473. The third-order valence-electron chi connectivity index (χ3n) is 2.06. The second-order valence-corrected chi connectivity index (χ2v) is 4.93. The Balaban J connectivity index is 2.18. The van der Waals surface area contributed by atoms with E-state index in [2.05, 4.69) is 32.8 Å². The number of rotatable bonds is 4. The van der Waals surface area contributed by atoms with Crippen molar-refractivity contribution in [2.45, 2.75) is 12.8 Å².